The van der Waals surface area contributed by atoms with Crippen LogP contribution in [0.2, 0.25) is 0 Å². The van der Waals surface area contributed by atoms with Crippen LogP contribution in [0.4, 0.5) is 0 Å². The first-order valence-electron chi connectivity index (χ1n) is 7.22. The van der Waals surface area contributed by atoms with E-state index in [1.54, 1.807) is 10.4 Å². The molecule has 2 aliphatic carbocycles. The lowest BCUT2D eigenvalue weighted by atomic mass is 9.93. The Balaban J connectivity index is 1.51. The molecule has 2 aliphatic rings. The van der Waals surface area contributed by atoms with Crippen LogP contribution in [-0.4, -0.2) is 19.3 Å². The summed E-state index contributed by atoms with van der Waals surface area (Å²) in [5, 5.41) is 3.72. The van der Waals surface area contributed by atoms with Gasteiger partial charge in [-0.1, -0.05) is 0 Å². The quantitative estimate of drug-likeness (QED) is 0.902. The predicted octanol–water partition coefficient (Wildman–Crippen LogP) is 3.28. The standard InChI is InChI=1S/C15H23NOS/c1-17-13-6-3-5-12(9-13)16-10-14-8-11-4-2-7-15(11)18-14/h8,12-13,16H,2-7,9-10H2,1H3. The van der Waals surface area contributed by atoms with Crippen molar-refractivity contribution in [2.24, 2.45) is 0 Å². The van der Waals surface area contributed by atoms with E-state index in [-0.39, 0.29) is 0 Å². The molecule has 0 amide bonds. The van der Waals surface area contributed by atoms with Gasteiger partial charge in [-0.3, -0.25) is 0 Å². The fourth-order valence-electron chi connectivity index (χ4n) is 3.27. The first-order chi connectivity index (χ1) is 8.85. The third-order valence-corrected chi connectivity index (χ3v) is 5.56. The van der Waals surface area contributed by atoms with Gasteiger partial charge in [0, 0.05) is 29.5 Å². The number of hydrogen-bond donors (Lipinski definition) is 1. The Morgan fingerprint density at radius 1 is 1.33 bits per heavy atom. The van der Waals surface area contributed by atoms with Crippen LogP contribution in [0.1, 0.15) is 47.4 Å². The van der Waals surface area contributed by atoms with Crippen LogP contribution in [0.25, 0.3) is 0 Å². The van der Waals surface area contributed by atoms with Crippen molar-refractivity contribution in [2.75, 3.05) is 7.11 Å². The van der Waals surface area contributed by atoms with E-state index < -0.39 is 0 Å². The van der Waals surface area contributed by atoms with E-state index in [1.165, 1.54) is 49.8 Å². The molecule has 0 saturated heterocycles. The maximum atomic E-state index is 5.49. The molecule has 1 N–H and O–H groups in total. The fraction of sp³-hybridized carbons (Fsp3) is 0.733. The summed E-state index contributed by atoms with van der Waals surface area (Å²) in [6, 6.07) is 3.08. The Kier molecular flexibility index (Phi) is 4.02. The molecular weight excluding hydrogens is 242 g/mol. The Morgan fingerprint density at radius 2 is 2.28 bits per heavy atom. The number of nitrogens with one attached hydrogen (secondary N) is 1. The van der Waals surface area contributed by atoms with Crippen LogP contribution in [0.3, 0.4) is 0 Å². The lowest BCUT2D eigenvalue weighted by Crippen LogP contribution is -2.36. The number of aryl methyl sites for hydroxylation is 2. The molecule has 1 heterocycles. The van der Waals surface area contributed by atoms with Crippen molar-refractivity contribution in [2.45, 2.75) is 63.6 Å². The Morgan fingerprint density at radius 3 is 3.11 bits per heavy atom. The molecule has 2 atom stereocenters. The van der Waals surface area contributed by atoms with Gasteiger partial charge in [0.15, 0.2) is 0 Å². The van der Waals surface area contributed by atoms with E-state index in [0.717, 1.165) is 6.54 Å². The number of thiophene rings is 1. The normalized spacial score (nSPS) is 27.4. The van der Waals surface area contributed by atoms with E-state index in [2.05, 4.69) is 11.4 Å². The van der Waals surface area contributed by atoms with E-state index >= 15 is 0 Å². The summed E-state index contributed by atoms with van der Waals surface area (Å²) in [5.41, 5.74) is 1.62. The second-order valence-electron chi connectivity index (χ2n) is 5.62. The van der Waals surface area contributed by atoms with Crippen LogP contribution in [0.15, 0.2) is 6.07 Å². The molecule has 3 rings (SSSR count). The maximum Gasteiger partial charge on any atom is 0.0586 e. The van der Waals surface area contributed by atoms with Crippen molar-refractivity contribution in [3.8, 4) is 0 Å². The minimum absolute atomic E-state index is 0.476. The lowest BCUT2D eigenvalue weighted by Gasteiger charge is -2.28. The van der Waals surface area contributed by atoms with Gasteiger partial charge >= 0.3 is 0 Å². The molecule has 2 unspecified atom stereocenters. The first kappa shape index (κ1) is 12.6. The zero-order chi connectivity index (χ0) is 12.4. The van der Waals surface area contributed by atoms with Crippen molar-refractivity contribution in [3.63, 3.8) is 0 Å². The third kappa shape index (κ3) is 2.79. The Bertz CT molecular complexity index is 380. The summed E-state index contributed by atoms with van der Waals surface area (Å²) in [6.45, 7) is 1.05. The molecular formula is C15H23NOS. The summed E-state index contributed by atoms with van der Waals surface area (Å²) < 4.78 is 5.49. The number of rotatable bonds is 4. The van der Waals surface area contributed by atoms with Crippen molar-refractivity contribution >= 4 is 11.3 Å². The molecule has 1 aromatic rings. The number of methoxy groups -OCH3 is 1. The summed E-state index contributed by atoms with van der Waals surface area (Å²) >= 11 is 2.02. The number of fused-ring (bicyclic) bond motifs is 1. The number of hydrogen-bond acceptors (Lipinski definition) is 3. The highest BCUT2D eigenvalue weighted by molar-refractivity contribution is 7.12. The third-order valence-electron chi connectivity index (χ3n) is 4.32. The summed E-state index contributed by atoms with van der Waals surface area (Å²) in [5.74, 6) is 0. The average Bonchev–Trinajstić information content (AvgIpc) is 2.97. The molecule has 0 spiro atoms. The molecule has 0 aliphatic heterocycles. The van der Waals surface area contributed by atoms with Crippen LogP contribution >= 0.6 is 11.3 Å². The van der Waals surface area contributed by atoms with E-state index in [0.29, 0.717) is 12.1 Å². The molecule has 100 valence electrons. The van der Waals surface area contributed by atoms with Gasteiger partial charge in [-0.2, -0.15) is 0 Å². The molecule has 3 heteroatoms. The van der Waals surface area contributed by atoms with Crippen molar-refractivity contribution in [1.82, 2.24) is 5.32 Å². The summed E-state index contributed by atoms with van der Waals surface area (Å²) in [4.78, 5) is 3.17. The smallest absolute Gasteiger partial charge is 0.0586 e. The second-order valence-corrected chi connectivity index (χ2v) is 6.84. The molecule has 0 radical (unpaired) electrons. The molecule has 0 bridgehead atoms. The highest BCUT2D eigenvalue weighted by Gasteiger charge is 2.21. The first-order valence-corrected chi connectivity index (χ1v) is 8.03. The van der Waals surface area contributed by atoms with E-state index in [1.807, 2.05) is 18.4 Å². The van der Waals surface area contributed by atoms with Gasteiger partial charge in [-0.25, -0.2) is 0 Å². The van der Waals surface area contributed by atoms with Gasteiger partial charge in [0.2, 0.25) is 0 Å². The zero-order valence-electron chi connectivity index (χ0n) is 11.2. The average molecular weight is 265 g/mol. The minimum atomic E-state index is 0.476. The number of ether oxygens (including phenoxy) is 1. The van der Waals surface area contributed by atoms with E-state index in [9.17, 15) is 0 Å². The van der Waals surface area contributed by atoms with Gasteiger partial charge < -0.3 is 10.1 Å². The molecule has 1 fully saturated rings. The Labute approximate surface area is 114 Å². The zero-order valence-corrected chi connectivity index (χ0v) is 12.0. The molecule has 1 aromatic heterocycles. The molecule has 18 heavy (non-hydrogen) atoms. The summed E-state index contributed by atoms with van der Waals surface area (Å²) in [7, 11) is 1.84. The molecule has 0 aromatic carbocycles. The van der Waals surface area contributed by atoms with Crippen molar-refractivity contribution in [1.29, 1.82) is 0 Å². The summed E-state index contributed by atoms with van der Waals surface area (Å²) in [6.07, 6.45) is 9.50. The second kappa shape index (κ2) is 5.72. The predicted molar refractivity (Wildman–Crippen MR) is 76.2 cm³/mol. The largest absolute Gasteiger partial charge is 0.381 e. The van der Waals surface area contributed by atoms with Gasteiger partial charge in [0.1, 0.15) is 0 Å². The van der Waals surface area contributed by atoms with Crippen LogP contribution < -0.4 is 5.32 Å². The van der Waals surface area contributed by atoms with Crippen LogP contribution in [0, 0.1) is 0 Å². The van der Waals surface area contributed by atoms with Crippen LogP contribution in [0.5, 0.6) is 0 Å². The highest BCUT2D eigenvalue weighted by atomic mass is 32.1. The van der Waals surface area contributed by atoms with Gasteiger partial charge in [0.25, 0.3) is 0 Å². The van der Waals surface area contributed by atoms with Gasteiger partial charge in [0.05, 0.1) is 6.10 Å². The molecule has 2 nitrogen and oxygen atoms in total. The van der Waals surface area contributed by atoms with Crippen molar-refractivity contribution in [3.05, 3.63) is 21.4 Å². The van der Waals surface area contributed by atoms with Crippen LogP contribution in [-0.2, 0) is 24.1 Å². The van der Waals surface area contributed by atoms with Gasteiger partial charge in [-0.05, 0) is 56.6 Å². The SMILES string of the molecule is COC1CCCC(NCc2cc3c(s2)CCC3)C1. The Hall–Kier alpha value is -0.380. The molecule has 1 saturated carbocycles. The lowest BCUT2D eigenvalue weighted by molar-refractivity contribution is 0.0586. The minimum Gasteiger partial charge on any atom is -0.381 e. The highest BCUT2D eigenvalue weighted by Crippen LogP contribution is 2.30. The topological polar surface area (TPSA) is 21.3 Å². The maximum absolute atomic E-state index is 5.49. The fourth-order valence-corrected chi connectivity index (χ4v) is 4.48. The van der Waals surface area contributed by atoms with Crippen molar-refractivity contribution < 1.29 is 4.74 Å². The van der Waals surface area contributed by atoms with E-state index in [4.69, 9.17) is 4.74 Å². The van der Waals surface area contributed by atoms with Gasteiger partial charge in [-0.15, -0.1) is 11.3 Å². The monoisotopic (exact) mass is 265 g/mol.